The van der Waals surface area contributed by atoms with Crippen molar-refractivity contribution in [1.82, 2.24) is 0 Å². The van der Waals surface area contributed by atoms with Gasteiger partial charge >= 0.3 is 11.9 Å². The number of hydrogen-bond donors (Lipinski definition) is 1. The molecule has 0 atom stereocenters. The molecule has 0 fully saturated rings. The summed E-state index contributed by atoms with van der Waals surface area (Å²) in [5.74, 6) is -2.77. The van der Waals surface area contributed by atoms with E-state index in [1.165, 1.54) is 19.1 Å². The lowest BCUT2D eigenvalue weighted by Gasteiger charge is -2.36. The number of hydrogen-bond acceptors (Lipinski definition) is 7. The third-order valence-corrected chi connectivity index (χ3v) is 5.76. The minimum absolute atomic E-state index is 0.0118. The minimum atomic E-state index is -0.869. The molecule has 0 aliphatic carbocycles. The molecular formula is C30H36N2O6. The summed E-state index contributed by atoms with van der Waals surface area (Å²) in [7, 11) is 2.42. The molecule has 0 radical (unpaired) electrons. The molecule has 1 aromatic heterocycles. The number of carbonyl (C=O) groups excluding carboxylic acids is 3. The Balaban J connectivity index is 2.35. The number of esters is 2. The highest BCUT2D eigenvalue weighted by atomic mass is 16.5. The molecule has 0 saturated heterocycles. The Morgan fingerprint density at radius 2 is 1.21 bits per heavy atom. The summed E-state index contributed by atoms with van der Waals surface area (Å²) in [5.41, 5.74) is -0.197. The van der Waals surface area contributed by atoms with Crippen molar-refractivity contribution in [3.63, 3.8) is 0 Å². The van der Waals surface area contributed by atoms with Crippen LogP contribution in [0.3, 0.4) is 0 Å². The third kappa shape index (κ3) is 6.07. The fourth-order valence-corrected chi connectivity index (χ4v) is 4.23. The molecule has 1 amide bonds. The SMILES string of the molecule is COC(=O)c1c(NC(C)(C)C)oc(N(C(=O)C(c2ccccc2)c2ccccc2)C(C)(C)C)c1C(=O)OC. The van der Waals surface area contributed by atoms with Gasteiger partial charge in [-0.3, -0.25) is 9.69 Å². The predicted octanol–water partition coefficient (Wildman–Crippen LogP) is 6.03. The van der Waals surface area contributed by atoms with Crippen molar-refractivity contribution in [3.8, 4) is 0 Å². The topological polar surface area (TPSA) is 98.1 Å². The lowest BCUT2D eigenvalue weighted by Crippen LogP contribution is -2.48. The van der Waals surface area contributed by atoms with Crippen molar-refractivity contribution in [2.24, 2.45) is 0 Å². The molecule has 3 rings (SSSR count). The average Bonchev–Trinajstić information content (AvgIpc) is 3.20. The molecular weight excluding hydrogens is 484 g/mol. The second kappa shape index (κ2) is 11.1. The Labute approximate surface area is 223 Å². The summed E-state index contributed by atoms with van der Waals surface area (Å²) in [4.78, 5) is 42.1. The van der Waals surface area contributed by atoms with Gasteiger partial charge in [0.2, 0.25) is 17.7 Å². The van der Waals surface area contributed by atoms with Crippen LogP contribution in [0.1, 0.15) is 79.3 Å². The van der Waals surface area contributed by atoms with Crippen LogP contribution < -0.4 is 10.2 Å². The highest BCUT2D eigenvalue weighted by molar-refractivity contribution is 6.13. The van der Waals surface area contributed by atoms with Crippen LogP contribution in [0.15, 0.2) is 65.1 Å². The fourth-order valence-electron chi connectivity index (χ4n) is 4.23. The van der Waals surface area contributed by atoms with E-state index in [4.69, 9.17) is 13.9 Å². The van der Waals surface area contributed by atoms with Crippen LogP contribution in [0.4, 0.5) is 11.8 Å². The molecule has 8 nitrogen and oxygen atoms in total. The zero-order valence-corrected chi connectivity index (χ0v) is 23.2. The number of rotatable bonds is 7. The molecule has 2 aromatic carbocycles. The summed E-state index contributed by atoms with van der Waals surface area (Å²) < 4.78 is 16.2. The monoisotopic (exact) mass is 520 g/mol. The Morgan fingerprint density at radius 3 is 1.61 bits per heavy atom. The number of amides is 1. The predicted molar refractivity (Wildman–Crippen MR) is 147 cm³/mol. The number of anilines is 2. The van der Waals surface area contributed by atoms with E-state index >= 15 is 0 Å². The lowest BCUT2D eigenvalue weighted by atomic mass is 9.88. The van der Waals surface area contributed by atoms with Crippen molar-refractivity contribution in [3.05, 3.63) is 82.9 Å². The van der Waals surface area contributed by atoms with Crippen LogP contribution in [0, 0.1) is 0 Å². The van der Waals surface area contributed by atoms with E-state index in [0.29, 0.717) is 0 Å². The number of carbonyl (C=O) groups is 3. The quantitative estimate of drug-likeness (QED) is 0.380. The molecule has 0 unspecified atom stereocenters. The summed E-state index contributed by atoms with van der Waals surface area (Å²) in [6.07, 6.45) is 0. The van der Waals surface area contributed by atoms with E-state index in [2.05, 4.69) is 5.32 Å². The minimum Gasteiger partial charge on any atom is -0.465 e. The van der Waals surface area contributed by atoms with Gasteiger partial charge < -0.3 is 19.2 Å². The van der Waals surface area contributed by atoms with Gasteiger partial charge in [0.25, 0.3) is 0 Å². The lowest BCUT2D eigenvalue weighted by molar-refractivity contribution is -0.120. The van der Waals surface area contributed by atoms with Crippen LogP contribution in [-0.4, -0.2) is 43.1 Å². The molecule has 0 bridgehead atoms. The second-order valence-electron chi connectivity index (χ2n) is 10.9. The Hall–Kier alpha value is -4.07. The van der Waals surface area contributed by atoms with Gasteiger partial charge in [-0.05, 0) is 52.7 Å². The van der Waals surface area contributed by atoms with Crippen molar-refractivity contribution in [2.45, 2.75) is 58.5 Å². The van der Waals surface area contributed by atoms with E-state index < -0.39 is 28.9 Å². The first kappa shape index (κ1) is 28.5. The average molecular weight is 521 g/mol. The number of nitrogens with one attached hydrogen (secondary N) is 1. The maximum absolute atomic E-state index is 14.6. The van der Waals surface area contributed by atoms with Crippen LogP contribution >= 0.6 is 0 Å². The first-order chi connectivity index (χ1) is 17.8. The maximum Gasteiger partial charge on any atom is 0.344 e. The molecule has 8 heteroatoms. The molecule has 0 saturated carbocycles. The van der Waals surface area contributed by atoms with Crippen molar-refractivity contribution < 1.29 is 28.3 Å². The van der Waals surface area contributed by atoms with Crippen molar-refractivity contribution in [1.29, 1.82) is 0 Å². The van der Waals surface area contributed by atoms with E-state index in [-0.39, 0.29) is 28.8 Å². The van der Waals surface area contributed by atoms with Crippen LogP contribution in [0.25, 0.3) is 0 Å². The van der Waals surface area contributed by atoms with Crippen LogP contribution in [0.5, 0.6) is 0 Å². The molecule has 0 aliphatic heterocycles. The number of methoxy groups -OCH3 is 2. The van der Waals surface area contributed by atoms with Gasteiger partial charge in [-0.2, -0.15) is 0 Å². The number of benzene rings is 2. The van der Waals surface area contributed by atoms with Crippen molar-refractivity contribution in [2.75, 3.05) is 24.4 Å². The van der Waals surface area contributed by atoms with E-state index in [1.807, 2.05) is 102 Å². The van der Waals surface area contributed by atoms with Crippen LogP contribution in [0.2, 0.25) is 0 Å². The normalized spacial score (nSPS) is 11.7. The molecule has 38 heavy (non-hydrogen) atoms. The highest BCUT2D eigenvalue weighted by Crippen LogP contribution is 2.41. The van der Waals surface area contributed by atoms with E-state index in [9.17, 15) is 14.4 Å². The first-order valence-electron chi connectivity index (χ1n) is 12.4. The van der Waals surface area contributed by atoms with Crippen molar-refractivity contribution >= 4 is 29.6 Å². The van der Waals surface area contributed by atoms with Gasteiger partial charge in [0.15, 0.2) is 0 Å². The van der Waals surface area contributed by atoms with E-state index in [0.717, 1.165) is 11.1 Å². The Morgan fingerprint density at radius 1 is 0.763 bits per heavy atom. The van der Waals surface area contributed by atoms with E-state index in [1.54, 1.807) is 0 Å². The zero-order chi connectivity index (χ0) is 28.3. The summed E-state index contributed by atoms with van der Waals surface area (Å²) in [6.45, 7) is 11.1. The summed E-state index contributed by atoms with van der Waals surface area (Å²) >= 11 is 0. The molecule has 1 heterocycles. The molecule has 202 valence electrons. The Kier molecular flexibility index (Phi) is 8.35. The van der Waals surface area contributed by atoms with Gasteiger partial charge in [0, 0.05) is 11.1 Å². The number of nitrogens with zero attached hydrogens (tertiary/aromatic N) is 1. The third-order valence-electron chi connectivity index (χ3n) is 5.76. The standard InChI is InChI=1S/C30H36N2O6/c1-29(2,3)31-24-22(27(34)36-7)23(28(35)37-8)26(38-24)32(30(4,5)6)25(33)21(19-15-11-9-12-16-19)20-17-13-10-14-18-20/h9-18,21,31H,1-8H3. The summed E-state index contributed by atoms with van der Waals surface area (Å²) in [5, 5.41) is 3.13. The smallest absolute Gasteiger partial charge is 0.344 e. The molecule has 0 spiro atoms. The zero-order valence-electron chi connectivity index (χ0n) is 23.2. The van der Waals surface area contributed by atoms with Gasteiger partial charge in [-0.15, -0.1) is 0 Å². The number of ether oxygens (including phenoxy) is 2. The first-order valence-corrected chi connectivity index (χ1v) is 12.4. The largest absolute Gasteiger partial charge is 0.465 e. The van der Waals surface area contributed by atoms with Crippen LogP contribution in [-0.2, 0) is 14.3 Å². The van der Waals surface area contributed by atoms with Gasteiger partial charge in [0.05, 0.1) is 20.1 Å². The second-order valence-corrected chi connectivity index (χ2v) is 10.9. The van der Waals surface area contributed by atoms with Gasteiger partial charge in [0.1, 0.15) is 11.1 Å². The molecule has 0 aliphatic rings. The summed E-state index contributed by atoms with van der Waals surface area (Å²) in [6, 6.07) is 18.8. The molecule has 1 N–H and O–H groups in total. The highest BCUT2D eigenvalue weighted by Gasteiger charge is 2.43. The maximum atomic E-state index is 14.6. The Bertz CT molecular complexity index is 1240. The molecule has 3 aromatic rings. The van der Waals surface area contributed by atoms with Gasteiger partial charge in [-0.1, -0.05) is 60.7 Å². The number of furan rings is 1. The fraction of sp³-hybridized carbons (Fsp3) is 0.367. The van der Waals surface area contributed by atoms with Gasteiger partial charge in [-0.25, -0.2) is 9.59 Å².